The van der Waals surface area contributed by atoms with E-state index in [1.165, 1.54) is 18.4 Å². The topological polar surface area (TPSA) is 35.5 Å². The summed E-state index contributed by atoms with van der Waals surface area (Å²) in [4.78, 5) is 2.09. The molecule has 0 amide bonds. The predicted molar refractivity (Wildman–Crippen MR) is 75.0 cm³/mol. The number of hydrogen-bond donors (Lipinski definition) is 2. The number of rotatable bonds is 4. The van der Waals surface area contributed by atoms with E-state index in [0.717, 1.165) is 30.6 Å². The summed E-state index contributed by atoms with van der Waals surface area (Å²) in [7, 11) is 4.06. The van der Waals surface area contributed by atoms with Gasteiger partial charge in [-0.1, -0.05) is 12.1 Å². The number of aryl methyl sites for hydroxylation is 1. The number of benzene rings is 1. The first kappa shape index (κ1) is 13.4. The normalized spacial score (nSPS) is 19.7. The molecule has 1 unspecified atom stereocenters. The summed E-state index contributed by atoms with van der Waals surface area (Å²) in [6, 6.07) is 4.89. The van der Waals surface area contributed by atoms with Gasteiger partial charge in [-0.3, -0.25) is 0 Å². The van der Waals surface area contributed by atoms with Crippen molar-refractivity contribution in [3.05, 3.63) is 28.8 Å². The highest BCUT2D eigenvalue weighted by atomic mass is 16.3. The van der Waals surface area contributed by atoms with Crippen LogP contribution in [-0.2, 0) is 13.0 Å². The van der Waals surface area contributed by atoms with E-state index in [9.17, 15) is 5.11 Å². The zero-order valence-corrected chi connectivity index (χ0v) is 11.7. The Hall–Kier alpha value is -1.06. The third-order valence-electron chi connectivity index (χ3n) is 3.57. The quantitative estimate of drug-likeness (QED) is 0.856. The highest BCUT2D eigenvalue weighted by Crippen LogP contribution is 2.26. The average Bonchev–Trinajstić information content (AvgIpc) is 2.77. The Morgan fingerprint density at radius 1 is 1.39 bits per heavy atom. The second-order valence-electron chi connectivity index (χ2n) is 5.66. The molecule has 3 heteroatoms. The van der Waals surface area contributed by atoms with Gasteiger partial charge in [0.25, 0.3) is 0 Å². The van der Waals surface area contributed by atoms with Gasteiger partial charge in [0.2, 0.25) is 0 Å². The van der Waals surface area contributed by atoms with Gasteiger partial charge in [0.05, 0.1) is 0 Å². The molecule has 18 heavy (non-hydrogen) atoms. The van der Waals surface area contributed by atoms with Crippen LogP contribution in [0.1, 0.15) is 29.5 Å². The summed E-state index contributed by atoms with van der Waals surface area (Å²) in [5, 5.41) is 13.6. The predicted octanol–water partition coefficient (Wildman–Crippen LogP) is 2.06. The Morgan fingerprint density at radius 2 is 2.17 bits per heavy atom. The molecule has 1 heterocycles. The Kier molecular flexibility index (Phi) is 4.25. The van der Waals surface area contributed by atoms with Crippen LogP contribution in [0.15, 0.2) is 12.1 Å². The number of phenols is 1. The van der Waals surface area contributed by atoms with Crippen LogP contribution in [0, 0.1) is 6.92 Å². The largest absolute Gasteiger partial charge is 0.507 e. The first-order chi connectivity index (χ1) is 8.56. The maximum atomic E-state index is 10.1. The van der Waals surface area contributed by atoms with Gasteiger partial charge in [-0.2, -0.15) is 0 Å². The van der Waals surface area contributed by atoms with Crippen molar-refractivity contribution >= 4 is 0 Å². The van der Waals surface area contributed by atoms with E-state index in [1.807, 2.05) is 21.0 Å². The van der Waals surface area contributed by atoms with Gasteiger partial charge in [0.15, 0.2) is 0 Å². The minimum Gasteiger partial charge on any atom is -0.507 e. The van der Waals surface area contributed by atoms with Crippen molar-refractivity contribution in [3.63, 3.8) is 0 Å². The van der Waals surface area contributed by atoms with E-state index in [2.05, 4.69) is 22.3 Å². The zero-order valence-electron chi connectivity index (χ0n) is 11.7. The van der Waals surface area contributed by atoms with Gasteiger partial charge in [-0.05, 0) is 58.0 Å². The molecule has 0 bridgehead atoms. The Balaban J connectivity index is 2.17. The molecule has 1 aromatic rings. The molecule has 1 saturated heterocycles. The monoisotopic (exact) mass is 248 g/mol. The Bertz CT molecular complexity index is 409. The Morgan fingerprint density at radius 3 is 2.78 bits per heavy atom. The number of aromatic hydroxyl groups is 1. The van der Waals surface area contributed by atoms with E-state index >= 15 is 0 Å². The van der Waals surface area contributed by atoms with Crippen molar-refractivity contribution in [2.75, 3.05) is 20.6 Å². The molecule has 3 nitrogen and oxygen atoms in total. The third-order valence-corrected chi connectivity index (χ3v) is 3.57. The molecule has 1 aliphatic rings. The highest BCUT2D eigenvalue weighted by molar-refractivity contribution is 5.43. The van der Waals surface area contributed by atoms with Gasteiger partial charge in [-0.15, -0.1) is 0 Å². The minimum absolute atomic E-state index is 0.451. The minimum atomic E-state index is 0.451. The molecule has 2 N–H and O–H groups in total. The lowest BCUT2D eigenvalue weighted by Crippen LogP contribution is -2.23. The fourth-order valence-corrected chi connectivity index (χ4v) is 2.73. The van der Waals surface area contributed by atoms with Crippen LogP contribution in [0.4, 0.5) is 0 Å². The van der Waals surface area contributed by atoms with Crippen LogP contribution in [0.3, 0.4) is 0 Å². The van der Waals surface area contributed by atoms with Crippen molar-refractivity contribution in [1.82, 2.24) is 10.2 Å². The molecule has 0 aromatic heterocycles. The fraction of sp³-hybridized carbons (Fsp3) is 0.600. The summed E-state index contributed by atoms with van der Waals surface area (Å²) in [6.07, 6.45) is 3.62. The molecule has 1 atom stereocenters. The van der Waals surface area contributed by atoms with E-state index in [4.69, 9.17) is 0 Å². The lowest BCUT2D eigenvalue weighted by atomic mass is 9.98. The SMILES string of the molecule is Cc1cc(CC2CCCN2)cc(CN(C)C)c1O. The van der Waals surface area contributed by atoms with E-state index in [0.29, 0.717) is 11.8 Å². The molecule has 0 saturated carbocycles. The summed E-state index contributed by atoms with van der Waals surface area (Å²) in [6.45, 7) is 3.92. The number of hydrogen-bond acceptors (Lipinski definition) is 3. The second-order valence-corrected chi connectivity index (χ2v) is 5.66. The highest BCUT2D eigenvalue weighted by Gasteiger charge is 2.16. The van der Waals surface area contributed by atoms with Crippen molar-refractivity contribution in [2.45, 2.75) is 38.8 Å². The van der Waals surface area contributed by atoms with Crippen molar-refractivity contribution in [3.8, 4) is 5.75 Å². The lowest BCUT2D eigenvalue weighted by Gasteiger charge is -2.16. The van der Waals surface area contributed by atoms with Gasteiger partial charge in [-0.25, -0.2) is 0 Å². The zero-order chi connectivity index (χ0) is 13.1. The molecule has 1 aromatic carbocycles. The van der Waals surface area contributed by atoms with Crippen molar-refractivity contribution in [2.24, 2.45) is 0 Å². The summed E-state index contributed by atoms with van der Waals surface area (Å²) in [5.74, 6) is 0.451. The van der Waals surface area contributed by atoms with Crippen molar-refractivity contribution < 1.29 is 5.11 Å². The van der Waals surface area contributed by atoms with E-state index in [-0.39, 0.29) is 0 Å². The van der Waals surface area contributed by atoms with Crippen LogP contribution in [-0.4, -0.2) is 36.7 Å². The number of nitrogens with one attached hydrogen (secondary N) is 1. The number of phenolic OH excluding ortho intramolecular Hbond substituents is 1. The first-order valence-corrected chi connectivity index (χ1v) is 6.75. The maximum Gasteiger partial charge on any atom is 0.122 e. The third kappa shape index (κ3) is 3.24. The first-order valence-electron chi connectivity index (χ1n) is 6.75. The summed E-state index contributed by atoms with van der Waals surface area (Å²) >= 11 is 0. The van der Waals surface area contributed by atoms with E-state index in [1.54, 1.807) is 0 Å². The molecular weight excluding hydrogens is 224 g/mol. The van der Waals surface area contributed by atoms with Crippen LogP contribution in [0.2, 0.25) is 0 Å². The number of nitrogens with zero attached hydrogens (tertiary/aromatic N) is 1. The van der Waals surface area contributed by atoms with Crippen molar-refractivity contribution in [1.29, 1.82) is 0 Å². The summed E-state index contributed by atoms with van der Waals surface area (Å²) in [5.41, 5.74) is 3.36. The lowest BCUT2D eigenvalue weighted by molar-refractivity contribution is 0.384. The molecule has 1 aliphatic heterocycles. The van der Waals surface area contributed by atoms with E-state index < -0.39 is 0 Å². The maximum absolute atomic E-state index is 10.1. The summed E-state index contributed by atoms with van der Waals surface area (Å²) < 4.78 is 0. The van der Waals surface area contributed by atoms with Crippen LogP contribution >= 0.6 is 0 Å². The van der Waals surface area contributed by atoms with Gasteiger partial charge in [0, 0.05) is 18.2 Å². The average molecular weight is 248 g/mol. The standard InChI is InChI=1S/C15H24N2O/c1-11-7-12(9-14-5-4-6-16-14)8-13(15(11)18)10-17(2)3/h7-8,14,16,18H,4-6,9-10H2,1-3H3. The Labute approximate surface area is 110 Å². The van der Waals surface area contributed by atoms with Crippen LogP contribution < -0.4 is 5.32 Å². The molecule has 1 fully saturated rings. The molecule has 2 rings (SSSR count). The van der Waals surface area contributed by atoms with Gasteiger partial charge >= 0.3 is 0 Å². The van der Waals surface area contributed by atoms with Gasteiger partial charge in [0.1, 0.15) is 5.75 Å². The van der Waals surface area contributed by atoms with Crippen LogP contribution in [0.5, 0.6) is 5.75 Å². The molecule has 0 spiro atoms. The second kappa shape index (κ2) is 5.72. The smallest absolute Gasteiger partial charge is 0.122 e. The molecule has 0 aliphatic carbocycles. The fourth-order valence-electron chi connectivity index (χ4n) is 2.73. The van der Waals surface area contributed by atoms with Gasteiger partial charge < -0.3 is 15.3 Å². The molecule has 0 radical (unpaired) electrons. The molecule has 100 valence electrons. The van der Waals surface area contributed by atoms with Crippen LogP contribution in [0.25, 0.3) is 0 Å². The molecular formula is C15H24N2O.